The van der Waals surface area contributed by atoms with Crippen LogP contribution in [-0.4, -0.2) is 66.1 Å². The highest BCUT2D eigenvalue weighted by molar-refractivity contribution is 7.89. The summed E-state index contributed by atoms with van der Waals surface area (Å²) in [4.78, 5) is 15.5. The molecule has 2 aliphatic heterocycles. The van der Waals surface area contributed by atoms with Crippen molar-refractivity contribution in [3.63, 3.8) is 0 Å². The maximum atomic E-state index is 13.3. The molecule has 2 saturated heterocycles. The second kappa shape index (κ2) is 9.81. The van der Waals surface area contributed by atoms with Crippen molar-refractivity contribution in [3.8, 4) is 0 Å². The molecule has 3 heterocycles. The highest BCUT2D eigenvalue weighted by Crippen LogP contribution is 2.28. The lowest BCUT2D eigenvalue weighted by Gasteiger charge is -2.35. The molecule has 5 rings (SSSR count). The number of carbonyl (C=O) groups excluding carboxylic acids is 1. The van der Waals surface area contributed by atoms with Gasteiger partial charge in [-0.05, 0) is 53.7 Å². The number of aromatic nitrogens is 2. The van der Waals surface area contributed by atoms with Crippen LogP contribution in [0.2, 0.25) is 0 Å². The zero-order chi connectivity index (χ0) is 23.5. The average molecular weight is 484 g/mol. The zero-order valence-electron chi connectivity index (χ0n) is 19.0. The summed E-state index contributed by atoms with van der Waals surface area (Å²) in [5.41, 5.74) is 1.91. The molecule has 10 heteroatoms. The van der Waals surface area contributed by atoms with Gasteiger partial charge in [-0.2, -0.15) is 4.31 Å². The first-order valence-corrected chi connectivity index (χ1v) is 13.2. The number of nitrogens with zero attached hydrogens (tertiary/aromatic N) is 4. The summed E-state index contributed by atoms with van der Waals surface area (Å²) in [5, 5.41) is 10.7. The van der Waals surface area contributed by atoms with Gasteiger partial charge in [0.1, 0.15) is 10.4 Å². The van der Waals surface area contributed by atoms with Crippen molar-refractivity contribution in [1.29, 1.82) is 0 Å². The van der Waals surface area contributed by atoms with Crippen LogP contribution in [0.4, 0.5) is 0 Å². The molecule has 0 bridgehead atoms. The Bertz CT molecular complexity index is 1240. The van der Waals surface area contributed by atoms with E-state index in [2.05, 4.69) is 44.8 Å². The molecule has 0 spiro atoms. The van der Waals surface area contributed by atoms with Gasteiger partial charge < -0.3 is 5.32 Å². The SMILES string of the molecule is O=C(NC1CCN(Cc2ccccc2)CC1)[C@H]1CCCN(S(=O)(=O)c2cccc3nonc23)C1. The third kappa shape index (κ3) is 4.84. The molecule has 34 heavy (non-hydrogen) atoms. The van der Waals surface area contributed by atoms with E-state index >= 15 is 0 Å². The average Bonchev–Trinajstić information content (AvgIpc) is 3.35. The number of rotatable bonds is 6. The predicted molar refractivity (Wildman–Crippen MR) is 126 cm³/mol. The first-order valence-electron chi connectivity index (χ1n) is 11.8. The minimum absolute atomic E-state index is 0.0530. The smallest absolute Gasteiger partial charge is 0.245 e. The summed E-state index contributed by atoms with van der Waals surface area (Å²) in [5.74, 6) is -0.414. The van der Waals surface area contributed by atoms with Crippen LogP contribution in [0.15, 0.2) is 58.1 Å². The molecule has 9 nitrogen and oxygen atoms in total. The Kier molecular flexibility index (Phi) is 6.62. The maximum Gasteiger partial charge on any atom is 0.245 e. The standard InChI is InChI=1S/C24H29N5O4S/c30-24(25-20-11-14-28(15-12-20)16-18-6-2-1-3-7-18)19-8-5-13-29(17-19)34(31,32)22-10-4-9-21-23(22)27-33-26-21/h1-4,6-7,9-10,19-20H,5,8,11-17H2,(H,25,30)/t19-/m0/s1. The fourth-order valence-corrected chi connectivity index (χ4v) is 6.56. The second-order valence-electron chi connectivity index (χ2n) is 9.13. The van der Waals surface area contributed by atoms with Gasteiger partial charge in [-0.25, -0.2) is 13.0 Å². The molecular formula is C24H29N5O4S. The van der Waals surface area contributed by atoms with E-state index in [9.17, 15) is 13.2 Å². The van der Waals surface area contributed by atoms with Gasteiger partial charge in [0.25, 0.3) is 0 Å². The lowest BCUT2D eigenvalue weighted by atomic mass is 9.97. The van der Waals surface area contributed by atoms with Crippen LogP contribution >= 0.6 is 0 Å². The van der Waals surface area contributed by atoms with Crippen molar-refractivity contribution >= 4 is 27.0 Å². The van der Waals surface area contributed by atoms with E-state index in [0.717, 1.165) is 32.5 Å². The van der Waals surface area contributed by atoms with E-state index in [0.29, 0.717) is 24.9 Å². The molecule has 0 saturated carbocycles. The Morgan fingerprint density at radius 2 is 1.79 bits per heavy atom. The molecule has 1 N–H and O–H groups in total. The first kappa shape index (κ1) is 22.9. The minimum atomic E-state index is -3.81. The monoisotopic (exact) mass is 483 g/mol. The Morgan fingerprint density at radius 1 is 1.00 bits per heavy atom. The van der Waals surface area contributed by atoms with E-state index in [-0.39, 0.29) is 34.8 Å². The van der Waals surface area contributed by atoms with E-state index in [1.807, 2.05) is 6.07 Å². The number of sulfonamides is 1. The first-order chi connectivity index (χ1) is 16.5. The fraction of sp³-hybridized carbons (Fsp3) is 0.458. The van der Waals surface area contributed by atoms with Gasteiger partial charge in [0.2, 0.25) is 15.9 Å². The minimum Gasteiger partial charge on any atom is -0.353 e. The van der Waals surface area contributed by atoms with E-state index in [4.69, 9.17) is 4.63 Å². The summed E-state index contributed by atoms with van der Waals surface area (Å²) in [6, 6.07) is 15.3. The lowest BCUT2D eigenvalue weighted by Crippen LogP contribution is -2.50. The summed E-state index contributed by atoms with van der Waals surface area (Å²) in [6.45, 7) is 3.33. The number of carbonyl (C=O) groups is 1. The van der Waals surface area contributed by atoms with Crippen LogP contribution in [0.1, 0.15) is 31.2 Å². The van der Waals surface area contributed by atoms with Gasteiger partial charge in [-0.1, -0.05) is 36.4 Å². The van der Waals surface area contributed by atoms with Crippen molar-refractivity contribution in [1.82, 2.24) is 24.8 Å². The molecule has 1 amide bonds. The van der Waals surface area contributed by atoms with Crippen LogP contribution in [0, 0.1) is 5.92 Å². The van der Waals surface area contributed by atoms with Crippen LogP contribution < -0.4 is 5.32 Å². The Hall–Kier alpha value is -2.82. The van der Waals surface area contributed by atoms with Crippen molar-refractivity contribution < 1.29 is 17.8 Å². The predicted octanol–water partition coefficient (Wildman–Crippen LogP) is 2.40. The lowest BCUT2D eigenvalue weighted by molar-refractivity contribution is -0.127. The summed E-state index contributed by atoms with van der Waals surface area (Å²) < 4.78 is 32.8. The van der Waals surface area contributed by atoms with Gasteiger partial charge in [0.05, 0.1) is 5.92 Å². The van der Waals surface area contributed by atoms with Gasteiger partial charge in [0, 0.05) is 38.8 Å². The molecule has 2 aromatic carbocycles. The highest BCUT2D eigenvalue weighted by Gasteiger charge is 2.35. The number of hydrogen-bond acceptors (Lipinski definition) is 7. The molecule has 1 atom stereocenters. The van der Waals surface area contributed by atoms with Crippen LogP contribution in [0.25, 0.3) is 11.0 Å². The third-order valence-corrected chi connectivity index (χ3v) is 8.70. The number of piperidine rings is 2. The fourth-order valence-electron chi connectivity index (χ4n) is 4.90. The quantitative estimate of drug-likeness (QED) is 0.573. The Balaban J connectivity index is 1.17. The van der Waals surface area contributed by atoms with Gasteiger partial charge >= 0.3 is 0 Å². The van der Waals surface area contributed by atoms with Crippen molar-refractivity contribution in [2.75, 3.05) is 26.2 Å². The molecule has 0 aliphatic carbocycles. The van der Waals surface area contributed by atoms with Crippen LogP contribution in [0.5, 0.6) is 0 Å². The van der Waals surface area contributed by atoms with E-state index < -0.39 is 10.0 Å². The normalized spacial score (nSPS) is 21.0. The number of fused-ring (bicyclic) bond motifs is 1. The number of amides is 1. The van der Waals surface area contributed by atoms with Gasteiger partial charge in [0.15, 0.2) is 5.52 Å². The molecule has 0 unspecified atom stereocenters. The molecule has 180 valence electrons. The molecule has 3 aromatic rings. The number of likely N-dealkylation sites (tertiary alicyclic amines) is 1. The number of benzene rings is 2. The third-order valence-electron chi connectivity index (χ3n) is 6.80. The van der Waals surface area contributed by atoms with E-state index in [1.54, 1.807) is 12.1 Å². The number of hydrogen-bond donors (Lipinski definition) is 1. The molecule has 1 aromatic heterocycles. The van der Waals surface area contributed by atoms with Crippen molar-refractivity contribution in [2.24, 2.45) is 5.92 Å². The van der Waals surface area contributed by atoms with Crippen molar-refractivity contribution in [3.05, 3.63) is 54.1 Å². The summed E-state index contributed by atoms with van der Waals surface area (Å²) >= 11 is 0. The molecule has 2 fully saturated rings. The summed E-state index contributed by atoms with van der Waals surface area (Å²) in [6.07, 6.45) is 3.11. The zero-order valence-corrected chi connectivity index (χ0v) is 19.8. The van der Waals surface area contributed by atoms with Crippen LogP contribution in [0.3, 0.4) is 0 Å². The number of nitrogens with one attached hydrogen (secondary N) is 1. The highest BCUT2D eigenvalue weighted by atomic mass is 32.2. The van der Waals surface area contributed by atoms with Crippen molar-refractivity contribution in [2.45, 2.75) is 43.2 Å². The molecule has 0 radical (unpaired) electrons. The largest absolute Gasteiger partial charge is 0.353 e. The van der Waals surface area contributed by atoms with Gasteiger partial charge in [-0.15, -0.1) is 0 Å². The maximum absolute atomic E-state index is 13.3. The van der Waals surface area contributed by atoms with Gasteiger partial charge in [-0.3, -0.25) is 9.69 Å². The molecular weight excluding hydrogens is 454 g/mol. The van der Waals surface area contributed by atoms with Crippen LogP contribution in [-0.2, 0) is 21.4 Å². The Labute approximate surface area is 199 Å². The second-order valence-corrected chi connectivity index (χ2v) is 11.0. The topological polar surface area (TPSA) is 109 Å². The Morgan fingerprint density at radius 3 is 2.59 bits per heavy atom. The molecule has 2 aliphatic rings. The van der Waals surface area contributed by atoms with E-state index in [1.165, 1.54) is 15.9 Å². The summed E-state index contributed by atoms with van der Waals surface area (Å²) in [7, 11) is -3.81.